The molecule has 0 radical (unpaired) electrons. The summed E-state index contributed by atoms with van der Waals surface area (Å²) in [5.74, 6) is 0.270. The first-order valence-electron chi connectivity index (χ1n) is 7.90. The van der Waals surface area contributed by atoms with Crippen molar-refractivity contribution >= 4 is 0 Å². The maximum atomic E-state index is 9.29. The van der Waals surface area contributed by atoms with Crippen molar-refractivity contribution in [2.75, 3.05) is 0 Å². The third-order valence-corrected chi connectivity index (χ3v) is 3.65. The van der Waals surface area contributed by atoms with Crippen molar-refractivity contribution < 1.29 is 5.11 Å². The van der Waals surface area contributed by atoms with Gasteiger partial charge in [-0.2, -0.15) is 0 Å². The summed E-state index contributed by atoms with van der Waals surface area (Å²) < 4.78 is 0. The van der Waals surface area contributed by atoms with Crippen LogP contribution in [0, 0.1) is 0 Å². The molecular formula is C18H24N2O. The highest BCUT2D eigenvalue weighted by atomic mass is 16.3. The maximum absolute atomic E-state index is 9.29. The van der Waals surface area contributed by atoms with Crippen molar-refractivity contribution in [3.05, 3.63) is 42.4 Å². The van der Waals surface area contributed by atoms with Crippen LogP contribution in [-0.4, -0.2) is 15.1 Å². The number of aromatic nitrogens is 2. The number of hydrogen-bond acceptors (Lipinski definition) is 3. The third kappa shape index (κ3) is 5.18. The first-order valence-corrected chi connectivity index (χ1v) is 7.90. The molecule has 0 amide bonds. The molecule has 0 aliphatic heterocycles. The first-order chi connectivity index (χ1) is 10.3. The summed E-state index contributed by atoms with van der Waals surface area (Å²) in [5.41, 5.74) is 2.89. The molecule has 0 fully saturated rings. The molecule has 2 rings (SSSR count). The number of hydrogen-bond donors (Lipinski definition) is 1. The van der Waals surface area contributed by atoms with Gasteiger partial charge in [-0.1, -0.05) is 39.0 Å². The summed E-state index contributed by atoms with van der Waals surface area (Å²) >= 11 is 0. The fraction of sp³-hybridized carbons (Fsp3) is 0.444. The molecular weight excluding hydrogens is 260 g/mol. The van der Waals surface area contributed by atoms with Gasteiger partial charge in [0.05, 0.1) is 17.6 Å². The Hall–Kier alpha value is -1.90. The fourth-order valence-electron chi connectivity index (χ4n) is 2.35. The number of nitrogens with zero attached hydrogens (tertiary/aromatic N) is 2. The van der Waals surface area contributed by atoms with E-state index in [9.17, 15) is 5.11 Å². The van der Waals surface area contributed by atoms with Crippen LogP contribution in [0.4, 0.5) is 0 Å². The van der Waals surface area contributed by atoms with Crippen LogP contribution in [0.1, 0.15) is 51.1 Å². The van der Waals surface area contributed by atoms with Gasteiger partial charge < -0.3 is 5.11 Å². The molecule has 0 aliphatic rings. The number of rotatable bonds is 8. The molecule has 3 nitrogen and oxygen atoms in total. The van der Waals surface area contributed by atoms with Crippen LogP contribution in [0.2, 0.25) is 0 Å². The lowest BCUT2D eigenvalue weighted by Crippen LogP contribution is -1.94. The highest BCUT2D eigenvalue weighted by Crippen LogP contribution is 2.19. The quantitative estimate of drug-likeness (QED) is 0.711. The number of phenolic OH excluding ortho intramolecular Hbond substituents is 1. The number of aryl methyl sites for hydroxylation is 1. The van der Waals surface area contributed by atoms with Crippen molar-refractivity contribution in [1.82, 2.24) is 9.97 Å². The lowest BCUT2D eigenvalue weighted by molar-refractivity contribution is 0.475. The van der Waals surface area contributed by atoms with Crippen molar-refractivity contribution in [1.29, 1.82) is 0 Å². The Balaban J connectivity index is 1.80. The Morgan fingerprint density at radius 3 is 2.24 bits per heavy atom. The van der Waals surface area contributed by atoms with Gasteiger partial charge in [0.2, 0.25) is 0 Å². The number of aromatic hydroxyl groups is 1. The summed E-state index contributed by atoms with van der Waals surface area (Å²) in [5, 5.41) is 9.29. The molecule has 0 saturated carbocycles. The molecule has 0 unspecified atom stereocenters. The molecule has 0 bridgehead atoms. The van der Waals surface area contributed by atoms with E-state index in [1.807, 2.05) is 24.5 Å². The SMILES string of the molecule is CCCCCCCCc1cnc(-c2ccc(O)cc2)cn1. The summed E-state index contributed by atoms with van der Waals surface area (Å²) in [6.45, 7) is 2.24. The Morgan fingerprint density at radius 1 is 0.857 bits per heavy atom. The molecule has 1 N–H and O–H groups in total. The average Bonchev–Trinajstić information content (AvgIpc) is 2.52. The van der Waals surface area contributed by atoms with Gasteiger partial charge in [0.15, 0.2) is 0 Å². The van der Waals surface area contributed by atoms with Crippen molar-refractivity contribution in [2.45, 2.75) is 51.9 Å². The predicted molar refractivity (Wildman–Crippen MR) is 86.2 cm³/mol. The second-order valence-corrected chi connectivity index (χ2v) is 5.46. The minimum absolute atomic E-state index is 0.270. The lowest BCUT2D eigenvalue weighted by Gasteiger charge is -2.04. The Bertz CT molecular complexity index is 520. The predicted octanol–water partition coefficient (Wildman–Crippen LogP) is 4.75. The third-order valence-electron chi connectivity index (χ3n) is 3.65. The van der Waals surface area contributed by atoms with Crippen molar-refractivity contribution in [3.8, 4) is 17.0 Å². The van der Waals surface area contributed by atoms with Gasteiger partial charge in [-0.15, -0.1) is 0 Å². The summed E-state index contributed by atoms with van der Waals surface area (Å²) in [4.78, 5) is 8.95. The zero-order valence-electron chi connectivity index (χ0n) is 12.8. The minimum atomic E-state index is 0.270. The minimum Gasteiger partial charge on any atom is -0.508 e. The van der Waals surface area contributed by atoms with E-state index in [1.165, 1.54) is 38.5 Å². The molecule has 1 aromatic carbocycles. The van der Waals surface area contributed by atoms with Gasteiger partial charge in [0.1, 0.15) is 5.75 Å². The van der Waals surface area contributed by atoms with Gasteiger partial charge in [-0.05, 0) is 37.1 Å². The van der Waals surface area contributed by atoms with Gasteiger partial charge >= 0.3 is 0 Å². The van der Waals surface area contributed by atoms with Gasteiger partial charge in [-0.3, -0.25) is 9.97 Å². The molecule has 3 heteroatoms. The van der Waals surface area contributed by atoms with Crippen molar-refractivity contribution in [3.63, 3.8) is 0 Å². The van der Waals surface area contributed by atoms with E-state index in [1.54, 1.807) is 12.1 Å². The maximum Gasteiger partial charge on any atom is 0.115 e. The van der Waals surface area contributed by atoms with Crippen LogP contribution in [0.25, 0.3) is 11.3 Å². The summed E-state index contributed by atoms with van der Waals surface area (Å²) in [6, 6.07) is 7.04. The standard InChI is InChI=1S/C18H24N2O/c1-2-3-4-5-6-7-8-16-13-20-18(14-19-16)15-9-11-17(21)12-10-15/h9-14,21H,2-8H2,1H3. The van der Waals surface area contributed by atoms with Gasteiger partial charge in [0.25, 0.3) is 0 Å². The van der Waals surface area contributed by atoms with Crippen LogP contribution < -0.4 is 0 Å². The van der Waals surface area contributed by atoms with Crippen LogP contribution in [0.15, 0.2) is 36.7 Å². The molecule has 2 aromatic rings. The topological polar surface area (TPSA) is 46.0 Å². The van der Waals surface area contributed by atoms with Crippen LogP contribution in [-0.2, 0) is 6.42 Å². The Kier molecular flexibility index (Phi) is 6.20. The van der Waals surface area contributed by atoms with E-state index in [0.29, 0.717) is 0 Å². The Morgan fingerprint density at radius 2 is 1.57 bits per heavy atom. The van der Waals surface area contributed by atoms with E-state index >= 15 is 0 Å². The van der Waals surface area contributed by atoms with E-state index in [-0.39, 0.29) is 5.75 Å². The Labute approximate surface area is 127 Å². The monoisotopic (exact) mass is 284 g/mol. The van der Waals surface area contributed by atoms with E-state index in [4.69, 9.17) is 0 Å². The van der Waals surface area contributed by atoms with E-state index in [0.717, 1.165) is 23.4 Å². The number of unbranched alkanes of at least 4 members (excludes halogenated alkanes) is 5. The average molecular weight is 284 g/mol. The lowest BCUT2D eigenvalue weighted by atomic mass is 10.1. The molecule has 112 valence electrons. The van der Waals surface area contributed by atoms with Crippen LogP contribution in [0.3, 0.4) is 0 Å². The van der Waals surface area contributed by atoms with E-state index in [2.05, 4.69) is 16.9 Å². The van der Waals surface area contributed by atoms with Crippen LogP contribution in [0.5, 0.6) is 5.75 Å². The van der Waals surface area contributed by atoms with Crippen molar-refractivity contribution in [2.24, 2.45) is 0 Å². The van der Waals surface area contributed by atoms with E-state index < -0.39 is 0 Å². The smallest absolute Gasteiger partial charge is 0.115 e. The molecule has 1 heterocycles. The fourth-order valence-corrected chi connectivity index (χ4v) is 2.35. The summed E-state index contributed by atoms with van der Waals surface area (Å²) in [6.07, 6.45) is 12.5. The highest BCUT2D eigenvalue weighted by molar-refractivity contribution is 5.58. The molecule has 0 saturated heterocycles. The first kappa shape index (κ1) is 15.5. The number of benzene rings is 1. The van der Waals surface area contributed by atoms with Gasteiger partial charge in [-0.25, -0.2) is 0 Å². The second kappa shape index (κ2) is 8.40. The largest absolute Gasteiger partial charge is 0.508 e. The molecule has 0 aliphatic carbocycles. The second-order valence-electron chi connectivity index (χ2n) is 5.46. The zero-order valence-corrected chi connectivity index (χ0v) is 12.8. The summed E-state index contributed by atoms with van der Waals surface area (Å²) in [7, 11) is 0. The normalized spacial score (nSPS) is 10.7. The highest BCUT2D eigenvalue weighted by Gasteiger charge is 2.01. The molecule has 1 aromatic heterocycles. The molecule has 0 atom stereocenters. The van der Waals surface area contributed by atoms with Crippen LogP contribution >= 0.6 is 0 Å². The van der Waals surface area contributed by atoms with Gasteiger partial charge in [0, 0.05) is 11.8 Å². The molecule has 0 spiro atoms. The zero-order chi connectivity index (χ0) is 14.9. The number of phenols is 1. The molecule has 21 heavy (non-hydrogen) atoms.